The molecule has 0 saturated heterocycles. The number of amides is 1. The number of carbonyl (C=O) groups excluding carboxylic acids is 1. The van der Waals surface area contributed by atoms with E-state index < -0.39 is 16.3 Å². The van der Waals surface area contributed by atoms with Gasteiger partial charge in [-0.05, 0) is 52.7 Å². The minimum Gasteiger partial charge on any atom is -0.497 e. The zero-order valence-corrected chi connectivity index (χ0v) is 21.9. The van der Waals surface area contributed by atoms with Crippen LogP contribution in [-0.2, 0) is 29.0 Å². The summed E-state index contributed by atoms with van der Waals surface area (Å²) in [6, 6.07) is 8.01. The van der Waals surface area contributed by atoms with Gasteiger partial charge in [0, 0.05) is 39.1 Å². The number of carbonyl (C=O) groups is 1. The van der Waals surface area contributed by atoms with Gasteiger partial charge in [-0.2, -0.15) is 15.6 Å². The molecule has 0 bridgehead atoms. The van der Waals surface area contributed by atoms with Crippen LogP contribution in [0, 0.1) is 0 Å². The number of aliphatic hydroxyl groups is 1. The highest BCUT2D eigenvalue weighted by atomic mass is 32.2. The maximum atomic E-state index is 13.1. The molecule has 10 nitrogen and oxygen atoms in total. The van der Waals surface area contributed by atoms with Crippen molar-refractivity contribution in [1.29, 1.82) is 0 Å². The third-order valence-corrected chi connectivity index (χ3v) is 8.15. The van der Waals surface area contributed by atoms with Crippen LogP contribution in [0.3, 0.4) is 0 Å². The summed E-state index contributed by atoms with van der Waals surface area (Å²) in [5.74, 6) is 0.228. The Morgan fingerprint density at radius 1 is 1.19 bits per heavy atom. The normalized spacial score (nSPS) is 17.9. The van der Waals surface area contributed by atoms with Crippen LogP contribution in [-0.4, -0.2) is 83.7 Å². The number of aliphatic hydroxyl groups excluding tert-OH is 1. The van der Waals surface area contributed by atoms with Gasteiger partial charge in [-0.1, -0.05) is 0 Å². The number of thiophene rings is 1. The van der Waals surface area contributed by atoms with E-state index in [-0.39, 0.29) is 48.8 Å². The van der Waals surface area contributed by atoms with Crippen LogP contribution in [0.5, 0.6) is 5.75 Å². The highest BCUT2D eigenvalue weighted by Gasteiger charge is 2.30. The van der Waals surface area contributed by atoms with Crippen molar-refractivity contribution in [3.05, 3.63) is 58.5 Å². The molecule has 0 fully saturated rings. The van der Waals surface area contributed by atoms with E-state index in [0.29, 0.717) is 25.3 Å². The Morgan fingerprint density at radius 3 is 2.61 bits per heavy atom. The second-order valence-electron chi connectivity index (χ2n) is 7.90. The highest BCUT2D eigenvalue weighted by Crippen LogP contribution is 2.32. The Hall–Kier alpha value is -2.48. The van der Waals surface area contributed by atoms with Crippen molar-refractivity contribution in [2.45, 2.75) is 23.5 Å². The molecule has 0 saturated carbocycles. The number of ether oxygens (including phenoxy) is 4. The van der Waals surface area contributed by atoms with Gasteiger partial charge in [0.1, 0.15) is 5.75 Å². The van der Waals surface area contributed by atoms with Crippen molar-refractivity contribution in [1.82, 2.24) is 9.62 Å². The third-order valence-electron chi connectivity index (χ3n) is 5.54. The Morgan fingerprint density at radius 2 is 1.97 bits per heavy atom. The first-order valence-electron chi connectivity index (χ1n) is 11.4. The second kappa shape index (κ2) is 13.7. The minimum absolute atomic E-state index is 0.00299. The van der Waals surface area contributed by atoms with E-state index in [4.69, 9.17) is 18.9 Å². The fraction of sp³-hybridized carbons (Fsp3) is 0.458. The number of hydrogen-bond acceptors (Lipinski definition) is 9. The summed E-state index contributed by atoms with van der Waals surface area (Å²) in [4.78, 5) is 12.7. The largest absolute Gasteiger partial charge is 0.497 e. The summed E-state index contributed by atoms with van der Waals surface area (Å²) < 4.78 is 49.1. The Bertz CT molecular complexity index is 1090. The molecule has 198 valence electrons. The maximum Gasteiger partial charge on any atom is 0.286 e. The van der Waals surface area contributed by atoms with Gasteiger partial charge in [-0.25, -0.2) is 8.42 Å². The minimum atomic E-state index is -3.86. The van der Waals surface area contributed by atoms with Gasteiger partial charge in [0.2, 0.25) is 16.3 Å². The average molecular weight is 541 g/mol. The summed E-state index contributed by atoms with van der Waals surface area (Å²) in [6.45, 7) is 0.282. The summed E-state index contributed by atoms with van der Waals surface area (Å²) >= 11 is 1.56. The molecule has 2 N–H and O–H groups in total. The lowest BCUT2D eigenvalue weighted by Crippen LogP contribution is -2.38. The zero-order valence-electron chi connectivity index (χ0n) is 20.3. The Labute approximate surface area is 215 Å². The molecular formula is C24H32N2O8S2. The van der Waals surface area contributed by atoms with E-state index in [0.717, 1.165) is 9.87 Å². The summed E-state index contributed by atoms with van der Waals surface area (Å²) in [7, 11) is -0.815. The van der Waals surface area contributed by atoms with Gasteiger partial charge in [0.05, 0.1) is 31.8 Å². The van der Waals surface area contributed by atoms with E-state index in [1.165, 1.54) is 19.2 Å². The highest BCUT2D eigenvalue weighted by molar-refractivity contribution is 7.89. The number of sulfonamides is 1. The summed E-state index contributed by atoms with van der Waals surface area (Å²) in [5.41, 5.74) is 1.04. The van der Waals surface area contributed by atoms with E-state index in [1.807, 2.05) is 16.8 Å². The molecule has 0 unspecified atom stereocenters. The van der Waals surface area contributed by atoms with Crippen molar-refractivity contribution in [2.75, 3.05) is 53.7 Å². The summed E-state index contributed by atoms with van der Waals surface area (Å²) in [5, 5.41) is 16.2. The van der Waals surface area contributed by atoms with Gasteiger partial charge < -0.3 is 29.4 Å². The average Bonchev–Trinajstić information content (AvgIpc) is 3.43. The van der Waals surface area contributed by atoms with E-state index >= 15 is 0 Å². The number of allylic oxidation sites excluding steroid dienone is 1. The Kier molecular flexibility index (Phi) is 10.7. The number of nitrogens with zero attached hydrogens (tertiary/aromatic N) is 1. The predicted octanol–water partition coefficient (Wildman–Crippen LogP) is 1.93. The molecule has 0 radical (unpaired) electrons. The third kappa shape index (κ3) is 7.51. The topological polar surface area (TPSA) is 124 Å². The first-order valence-corrected chi connectivity index (χ1v) is 13.8. The van der Waals surface area contributed by atoms with Crippen molar-refractivity contribution < 1.29 is 37.3 Å². The molecule has 2 heterocycles. The van der Waals surface area contributed by atoms with Crippen LogP contribution in [0.15, 0.2) is 57.8 Å². The molecule has 0 spiro atoms. The van der Waals surface area contributed by atoms with Crippen LogP contribution in [0.2, 0.25) is 0 Å². The first kappa shape index (κ1) is 28.1. The standard InChI is InChI=1S/C24H32N2O8S2/c1-31-12-8-25-24(28)22-15-19(18-7-14-35-17-18)16-23(34-22)33-13-10-26(9-11-27)36(29,30)21-5-3-20(32-2)4-6-21/h3-7,14-15,17,19,23,27H,8-13,16H2,1-2H3,(H,25,28)/t19-,23+/m1/s1. The number of benzene rings is 1. The van der Waals surface area contributed by atoms with Gasteiger partial charge in [0.25, 0.3) is 5.91 Å². The molecule has 1 aliphatic heterocycles. The SMILES string of the molecule is COCCNC(=O)C1=C[C@@H](c2ccsc2)C[C@@H](OCCN(CCO)S(=O)(=O)c2ccc(OC)cc2)O1. The monoisotopic (exact) mass is 540 g/mol. The number of hydrogen-bond donors (Lipinski definition) is 2. The van der Waals surface area contributed by atoms with Crippen molar-refractivity contribution >= 4 is 27.3 Å². The van der Waals surface area contributed by atoms with E-state index in [9.17, 15) is 18.3 Å². The zero-order chi connectivity index (χ0) is 26.0. The molecular weight excluding hydrogens is 508 g/mol. The van der Waals surface area contributed by atoms with Crippen molar-refractivity contribution in [3.63, 3.8) is 0 Å². The number of methoxy groups -OCH3 is 2. The Balaban J connectivity index is 1.66. The van der Waals surface area contributed by atoms with Gasteiger partial charge >= 0.3 is 0 Å². The number of nitrogens with one attached hydrogen (secondary N) is 1. The lowest BCUT2D eigenvalue weighted by atomic mass is 9.95. The van der Waals surface area contributed by atoms with Crippen molar-refractivity contribution in [2.24, 2.45) is 0 Å². The predicted molar refractivity (Wildman–Crippen MR) is 134 cm³/mol. The smallest absolute Gasteiger partial charge is 0.286 e. The van der Waals surface area contributed by atoms with Crippen LogP contribution >= 0.6 is 11.3 Å². The molecule has 12 heteroatoms. The lowest BCUT2D eigenvalue weighted by Gasteiger charge is -2.29. The van der Waals surface area contributed by atoms with Crippen molar-refractivity contribution in [3.8, 4) is 5.75 Å². The maximum absolute atomic E-state index is 13.1. The molecule has 1 amide bonds. The molecule has 3 rings (SSSR count). The van der Waals surface area contributed by atoms with Gasteiger partial charge in [0.15, 0.2) is 5.76 Å². The van der Waals surface area contributed by atoms with Gasteiger partial charge in [-0.3, -0.25) is 4.79 Å². The molecule has 1 aromatic heterocycles. The second-order valence-corrected chi connectivity index (χ2v) is 10.6. The van der Waals surface area contributed by atoms with E-state index in [2.05, 4.69) is 5.32 Å². The number of rotatable bonds is 14. The quantitative estimate of drug-likeness (QED) is 0.349. The molecule has 0 aliphatic carbocycles. The van der Waals surface area contributed by atoms with Gasteiger partial charge in [-0.15, -0.1) is 0 Å². The van der Waals surface area contributed by atoms with Crippen LogP contribution in [0.1, 0.15) is 17.9 Å². The fourth-order valence-corrected chi connectivity index (χ4v) is 5.78. The molecule has 2 atom stereocenters. The lowest BCUT2D eigenvalue weighted by molar-refractivity contribution is -0.146. The molecule has 36 heavy (non-hydrogen) atoms. The summed E-state index contributed by atoms with van der Waals surface area (Å²) in [6.07, 6.45) is 1.50. The van der Waals surface area contributed by atoms with Crippen LogP contribution < -0.4 is 10.1 Å². The van der Waals surface area contributed by atoms with Crippen LogP contribution in [0.4, 0.5) is 0 Å². The molecule has 1 aromatic carbocycles. The first-order chi connectivity index (χ1) is 17.4. The molecule has 1 aliphatic rings. The fourth-order valence-electron chi connectivity index (χ4n) is 3.64. The molecule has 2 aromatic rings. The van der Waals surface area contributed by atoms with Crippen LogP contribution in [0.25, 0.3) is 0 Å². The van der Waals surface area contributed by atoms with E-state index in [1.54, 1.807) is 36.7 Å².